The minimum Gasteiger partial charge on any atom is -0.356 e. The Morgan fingerprint density at radius 3 is 2.87 bits per heavy atom. The minimum absolute atomic E-state index is 0.548. The van der Waals surface area contributed by atoms with Gasteiger partial charge in [0.1, 0.15) is 5.82 Å². The van der Waals surface area contributed by atoms with Crippen LogP contribution in [0.2, 0.25) is 0 Å². The molecule has 6 nitrogen and oxygen atoms in total. The van der Waals surface area contributed by atoms with Crippen molar-refractivity contribution in [2.75, 3.05) is 13.6 Å². The van der Waals surface area contributed by atoms with Crippen LogP contribution in [0.25, 0.3) is 5.65 Å². The van der Waals surface area contributed by atoms with E-state index in [1.54, 1.807) is 0 Å². The van der Waals surface area contributed by atoms with E-state index in [1.807, 2.05) is 35.8 Å². The van der Waals surface area contributed by atoms with Gasteiger partial charge < -0.3 is 10.6 Å². The predicted octanol–water partition coefficient (Wildman–Crippen LogP) is 2.02. The number of rotatable bonds is 4. The second-order valence-electron chi connectivity index (χ2n) is 6.40. The van der Waals surface area contributed by atoms with E-state index in [4.69, 9.17) is 0 Å². The zero-order valence-electron chi connectivity index (χ0n) is 14.0. The molecule has 1 fully saturated rings. The minimum atomic E-state index is 0.548. The summed E-state index contributed by atoms with van der Waals surface area (Å²) in [7, 11) is 1.83. The Kier molecular flexibility index (Phi) is 5.10. The summed E-state index contributed by atoms with van der Waals surface area (Å²) in [5.41, 5.74) is 0.890. The fourth-order valence-corrected chi connectivity index (χ4v) is 3.15. The third-order valence-electron chi connectivity index (χ3n) is 4.61. The molecule has 0 saturated heterocycles. The molecule has 2 aromatic heterocycles. The summed E-state index contributed by atoms with van der Waals surface area (Å²) < 4.78 is 2.03. The number of hydrogen-bond acceptors (Lipinski definition) is 3. The average molecular weight is 314 g/mol. The van der Waals surface area contributed by atoms with Gasteiger partial charge in [0.05, 0.1) is 0 Å². The largest absolute Gasteiger partial charge is 0.356 e. The van der Waals surface area contributed by atoms with Gasteiger partial charge in [0.2, 0.25) is 0 Å². The molecule has 0 amide bonds. The van der Waals surface area contributed by atoms with Gasteiger partial charge in [-0.25, -0.2) is 0 Å². The monoisotopic (exact) mass is 314 g/mol. The maximum Gasteiger partial charge on any atom is 0.191 e. The molecule has 0 aromatic carbocycles. The summed E-state index contributed by atoms with van der Waals surface area (Å²) in [6, 6.07) is 6.49. The molecule has 2 heterocycles. The number of aliphatic imine (C=N–C) groups is 1. The Morgan fingerprint density at radius 1 is 1.26 bits per heavy atom. The van der Waals surface area contributed by atoms with Crippen LogP contribution >= 0.6 is 0 Å². The van der Waals surface area contributed by atoms with E-state index in [1.165, 1.54) is 25.7 Å². The fourth-order valence-electron chi connectivity index (χ4n) is 3.15. The van der Waals surface area contributed by atoms with Crippen molar-refractivity contribution in [1.82, 2.24) is 25.2 Å². The standard InChI is InChI=1S/C17H26N6/c1-13-6-8-14(9-7-13)20-17(18-2)19-11-10-16-22-21-15-5-3-4-12-23(15)16/h3-5,12-14H,6-11H2,1-2H3,(H2,18,19,20). The van der Waals surface area contributed by atoms with Gasteiger partial charge in [-0.3, -0.25) is 9.39 Å². The Bertz CT molecular complexity index is 654. The summed E-state index contributed by atoms with van der Waals surface area (Å²) >= 11 is 0. The topological polar surface area (TPSA) is 66.6 Å². The van der Waals surface area contributed by atoms with E-state index in [0.717, 1.165) is 36.3 Å². The summed E-state index contributed by atoms with van der Waals surface area (Å²) in [4.78, 5) is 4.33. The van der Waals surface area contributed by atoms with E-state index < -0.39 is 0 Å². The van der Waals surface area contributed by atoms with Crippen LogP contribution in [0.15, 0.2) is 29.4 Å². The van der Waals surface area contributed by atoms with Crippen molar-refractivity contribution >= 4 is 11.6 Å². The molecule has 3 rings (SSSR count). The SMILES string of the molecule is CN=C(NCCc1nnc2ccccn12)NC1CCC(C)CC1. The van der Waals surface area contributed by atoms with Crippen molar-refractivity contribution < 1.29 is 0 Å². The molecule has 0 radical (unpaired) electrons. The van der Waals surface area contributed by atoms with Gasteiger partial charge in [0, 0.05) is 32.3 Å². The van der Waals surface area contributed by atoms with Crippen molar-refractivity contribution in [3.05, 3.63) is 30.2 Å². The highest BCUT2D eigenvalue weighted by Crippen LogP contribution is 2.23. The van der Waals surface area contributed by atoms with Crippen LogP contribution in [-0.2, 0) is 6.42 Å². The van der Waals surface area contributed by atoms with Crippen molar-refractivity contribution in [1.29, 1.82) is 0 Å². The first-order valence-electron chi connectivity index (χ1n) is 8.52. The molecule has 1 aliphatic carbocycles. The lowest BCUT2D eigenvalue weighted by Crippen LogP contribution is -2.45. The molecule has 2 N–H and O–H groups in total. The maximum atomic E-state index is 4.33. The molecule has 23 heavy (non-hydrogen) atoms. The van der Waals surface area contributed by atoms with Crippen molar-refractivity contribution in [2.45, 2.75) is 45.1 Å². The first-order chi connectivity index (χ1) is 11.3. The molecule has 0 spiro atoms. The van der Waals surface area contributed by atoms with E-state index in [0.29, 0.717) is 6.04 Å². The van der Waals surface area contributed by atoms with Crippen LogP contribution in [0.3, 0.4) is 0 Å². The van der Waals surface area contributed by atoms with Crippen molar-refractivity contribution in [2.24, 2.45) is 10.9 Å². The van der Waals surface area contributed by atoms with Crippen LogP contribution in [0.4, 0.5) is 0 Å². The van der Waals surface area contributed by atoms with Crippen LogP contribution in [0, 0.1) is 5.92 Å². The molecule has 0 unspecified atom stereocenters. The maximum absolute atomic E-state index is 4.33. The van der Waals surface area contributed by atoms with Crippen molar-refractivity contribution in [3.63, 3.8) is 0 Å². The molecule has 124 valence electrons. The second-order valence-corrected chi connectivity index (χ2v) is 6.40. The number of hydrogen-bond donors (Lipinski definition) is 2. The van der Waals surface area contributed by atoms with Gasteiger partial charge in [-0.1, -0.05) is 13.0 Å². The Morgan fingerprint density at radius 2 is 2.09 bits per heavy atom. The van der Waals surface area contributed by atoms with Gasteiger partial charge in [-0.15, -0.1) is 10.2 Å². The smallest absolute Gasteiger partial charge is 0.191 e. The summed E-state index contributed by atoms with van der Waals surface area (Å²) in [5, 5.41) is 15.4. The summed E-state index contributed by atoms with van der Waals surface area (Å²) in [6.07, 6.45) is 7.89. The highest BCUT2D eigenvalue weighted by molar-refractivity contribution is 5.79. The number of nitrogens with zero attached hydrogens (tertiary/aromatic N) is 4. The lowest BCUT2D eigenvalue weighted by molar-refractivity contribution is 0.329. The lowest BCUT2D eigenvalue weighted by Gasteiger charge is -2.28. The number of aromatic nitrogens is 3. The highest BCUT2D eigenvalue weighted by atomic mass is 15.2. The number of fused-ring (bicyclic) bond motifs is 1. The second kappa shape index (κ2) is 7.44. The van der Waals surface area contributed by atoms with E-state index >= 15 is 0 Å². The number of pyridine rings is 1. The molecule has 6 heteroatoms. The molecule has 0 atom stereocenters. The van der Waals surface area contributed by atoms with Gasteiger partial charge in [0.15, 0.2) is 11.6 Å². The van der Waals surface area contributed by atoms with Gasteiger partial charge >= 0.3 is 0 Å². The van der Waals surface area contributed by atoms with Gasteiger partial charge in [-0.05, 0) is 43.7 Å². The van der Waals surface area contributed by atoms with Gasteiger partial charge in [-0.2, -0.15) is 0 Å². The van der Waals surface area contributed by atoms with Crippen LogP contribution in [-0.4, -0.2) is 40.2 Å². The van der Waals surface area contributed by atoms with Crippen LogP contribution in [0.1, 0.15) is 38.4 Å². The summed E-state index contributed by atoms with van der Waals surface area (Å²) in [5.74, 6) is 2.72. The number of guanidine groups is 1. The normalized spacial score (nSPS) is 22.3. The lowest BCUT2D eigenvalue weighted by atomic mass is 9.87. The molecule has 0 aliphatic heterocycles. The average Bonchev–Trinajstić information content (AvgIpc) is 2.99. The summed E-state index contributed by atoms with van der Waals surface area (Å²) in [6.45, 7) is 3.13. The number of nitrogens with one attached hydrogen (secondary N) is 2. The van der Waals surface area contributed by atoms with E-state index in [2.05, 4.69) is 32.7 Å². The van der Waals surface area contributed by atoms with Crippen LogP contribution < -0.4 is 10.6 Å². The zero-order chi connectivity index (χ0) is 16.1. The molecule has 1 aliphatic rings. The Labute approximate surface area is 137 Å². The predicted molar refractivity (Wildman–Crippen MR) is 92.6 cm³/mol. The highest BCUT2D eigenvalue weighted by Gasteiger charge is 2.18. The molecule has 0 bridgehead atoms. The van der Waals surface area contributed by atoms with Crippen LogP contribution in [0.5, 0.6) is 0 Å². The first kappa shape index (κ1) is 15.8. The van der Waals surface area contributed by atoms with Gasteiger partial charge in [0.25, 0.3) is 0 Å². The quantitative estimate of drug-likeness (QED) is 0.669. The molecule has 2 aromatic rings. The molecular formula is C17H26N6. The Balaban J connectivity index is 1.49. The van der Waals surface area contributed by atoms with E-state index in [-0.39, 0.29) is 0 Å². The third kappa shape index (κ3) is 4.00. The first-order valence-corrected chi connectivity index (χ1v) is 8.52. The van der Waals surface area contributed by atoms with Crippen molar-refractivity contribution in [3.8, 4) is 0 Å². The fraction of sp³-hybridized carbons (Fsp3) is 0.588. The third-order valence-corrected chi connectivity index (χ3v) is 4.61. The zero-order valence-corrected chi connectivity index (χ0v) is 14.0. The Hall–Kier alpha value is -2.11. The molecular weight excluding hydrogens is 288 g/mol. The molecule has 1 saturated carbocycles. The van der Waals surface area contributed by atoms with E-state index in [9.17, 15) is 0 Å².